The summed E-state index contributed by atoms with van der Waals surface area (Å²) >= 11 is 0. The molecule has 0 saturated carbocycles. The highest BCUT2D eigenvalue weighted by Crippen LogP contribution is 2.56. The third kappa shape index (κ3) is 11.5. The van der Waals surface area contributed by atoms with E-state index in [2.05, 4.69) is 30.8 Å². The van der Waals surface area contributed by atoms with Gasteiger partial charge in [0.1, 0.15) is 6.04 Å². The van der Waals surface area contributed by atoms with E-state index in [0.29, 0.717) is 25.2 Å². The van der Waals surface area contributed by atoms with Crippen molar-refractivity contribution in [2.45, 2.75) is 70.5 Å². The van der Waals surface area contributed by atoms with Crippen molar-refractivity contribution in [3.05, 3.63) is 12.4 Å². The fraction of sp³-hybridized carbons (Fsp3) is 0.714. The summed E-state index contributed by atoms with van der Waals surface area (Å²) in [6, 6.07) is -0.818. The molecule has 1 aliphatic rings. The zero-order valence-electron chi connectivity index (χ0n) is 21.1. The van der Waals surface area contributed by atoms with E-state index in [9.17, 15) is 33.6 Å². The van der Waals surface area contributed by atoms with Gasteiger partial charge >= 0.3 is 7.60 Å². The monoisotopic (exact) mass is 551 g/mol. The Balaban J connectivity index is 2.62. The maximum atomic E-state index is 12.6. The summed E-state index contributed by atoms with van der Waals surface area (Å²) in [5, 5.41) is 10.6. The molecule has 0 saturated heterocycles. The summed E-state index contributed by atoms with van der Waals surface area (Å²) < 4.78 is 16.3. The maximum absolute atomic E-state index is 12.6. The number of hydrogen-bond acceptors (Lipinski definition) is 9. The van der Waals surface area contributed by atoms with Crippen LogP contribution >= 0.6 is 16.0 Å². The molecule has 5 atom stereocenters. The van der Waals surface area contributed by atoms with Crippen LogP contribution < -0.4 is 21.3 Å². The molecular formula is C21H39N5O8P2. The topological polar surface area (TPSA) is 199 Å². The van der Waals surface area contributed by atoms with Gasteiger partial charge in [-0.1, -0.05) is 27.2 Å². The predicted octanol–water partition coefficient (Wildman–Crippen LogP) is 0.872. The normalized spacial score (nSPS) is 19.2. The predicted molar refractivity (Wildman–Crippen MR) is 137 cm³/mol. The first-order valence-corrected chi connectivity index (χ1v) is 14.7. The van der Waals surface area contributed by atoms with Gasteiger partial charge in [0.15, 0.2) is 0 Å². The summed E-state index contributed by atoms with van der Waals surface area (Å²) in [6.45, 7) is 5.87. The molecule has 15 heteroatoms. The molecule has 1 heterocycles. The fourth-order valence-corrected chi connectivity index (χ4v) is 5.82. The molecule has 0 aliphatic carbocycles. The summed E-state index contributed by atoms with van der Waals surface area (Å²) in [5.41, 5.74) is -1.79. The lowest BCUT2D eigenvalue weighted by molar-refractivity contribution is -0.126. The lowest BCUT2D eigenvalue weighted by Gasteiger charge is -2.29. The number of aliphatic imine (C=N–C) groups is 1. The van der Waals surface area contributed by atoms with Crippen LogP contribution in [-0.4, -0.2) is 69.9 Å². The lowest BCUT2D eigenvalue weighted by atomic mass is 9.86. The van der Waals surface area contributed by atoms with Gasteiger partial charge in [0.2, 0.25) is 31.6 Å². The van der Waals surface area contributed by atoms with Gasteiger partial charge in [0.05, 0.1) is 6.54 Å². The van der Waals surface area contributed by atoms with Gasteiger partial charge in [-0.15, -0.1) is 0 Å². The van der Waals surface area contributed by atoms with E-state index in [1.54, 1.807) is 6.20 Å². The van der Waals surface area contributed by atoms with Crippen LogP contribution in [0.1, 0.15) is 52.9 Å². The minimum Gasteiger partial charge on any atom is -0.374 e. The molecule has 0 spiro atoms. The molecule has 0 bridgehead atoms. The van der Waals surface area contributed by atoms with Crippen LogP contribution in [0.3, 0.4) is 0 Å². The molecule has 0 fully saturated rings. The Kier molecular flexibility index (Phi) is 14.3. The van der Waals surface area contributed by atoms with Crippen LogP contribution in [0.4, 0.5) is 0 Å². The molecule has 7 N–H and O–H groups in total. The Morgan fingerprint density at radius 1 is 1.22 bits per heavy atom. The van der Waals surface area contributed by atoms with Crippen molar-refractivity contribution in [3.8, 4) is 0 Å². The summed E-state index contributed by atoms with van der Waals surface area (Å²) in [4.78, 5) is 69.3. The Morgan fingerprint density at radius 3 is 2.44 bits per heavy atom. The van der Waals surface area contributed by atoms with E-state index in [1.807, 2.05) is 20.8 Å². The van der Waals surface area contributed by atoms with E-state index in [4.69, 9.17) is 0 Å². The van der Waals surface area contributed by atoms with Crippen molar-refractivity contribution >= 4 is 39.9 Å². The van der Waals surface area contributed by atoms with Crippen molar-refractivity contribution in [1.29, 1.82) is 0 Å². The largest absolute Gasteiger partial charge is 0.374 e. The van der Waals surface area contributed by atoms with Gasteiger partial charge in [-0.2, -0.15) is 0 Å². The summed E-state index contributed by atoms with van der Waals surface area (Å²) in [7, 11) is -6.40. The second kappa shape index (κ2) is 16.1. The van der Waals surface area contributed by atoms with E-state index < -0.39 is 33.4 Å². The van der Waals surface area contributed by atoms with Crippen LogP contribution in [0.2, 0.25) is 0 Å². The molecular weight excluding hydrogens is 512 g/mol. The highest BCUT2D eigenvalue weighted by atomic mass is 31.2. The standard InChI is InChI=1S/C21H39N5O8P2/c1-5-15(7-6-8-18(27)26-21(35(30)31)36(32,33)34-4)16(11-14(2)3)25-19(28)13-24-20(29)17-12-22-9-10-23-17/h9-10,12,14-17,21,23,30-31H,5-8,11,13H2,1-4H3,(H,24,29)(H,25,28)(H,26,27)(H,32,33). The second-order valence-corrected chi connectivity index (χ2v) is 12.4. The van der Waals surface area contributed by atoms with Crippen LogP contribution in [0.5, 0.6) is 0 Å². The number of rotatable bonds is 16. The lowest BCUT2D eigenvalue weighted by Crippen LogP contribution is -2.49. The van der Waals surface area contributed by atoms with Crippen LogP contribution in [0, 0.1) is 11.8 Å². The van der Waals surface area contributed by atoms with Gasteiger partial charge in [-0.3, -0.25) is 23.9 Å². The first-order chi connectivity index (χ1) is 16.9. The van der Waals surface area contributed by atoms with Gasteiger partial charge in [-0.05, 0) is 31.1 Å². The molecule has 3 amide bonds. The van der Waals surface area contributed by atoms with Gasteiger partial charge < -0.3 is 40.5 Å². The smallest absolute Gasteiger partial charge is 0.359 e. The molecule has 36 heavy (non-hydrogen) atoms. The van der Waals surface area contributed by atoms with Crippen molar-refractivity contribution in [1.82, 2.24) is 21.3 Å². The first-order valence-electron chi connectivity index (χ1n) is 11.8. The maximum Gasteiger partial charge on any atom is 0.359 e. The number of nitrogens with zero attached hydrogens (tertiary/aromatic N) is 1. The third-order valence-electron chi connectivity index (χ3n) is 5.60. The van der Waals surface area contributed by atoms with Crippen molar-refractivity contribution in [3.63, 3.8) is 0 Å². The van der Waals surface area contributed by atoms with Crippen molar-refractivity contribution < 1.29 is 38.2 Å². The molecule has 1 aliphatic heterocycles. The highest BCUT2D eigenvalue weighted by molar-refractivity contribution is 7.68. The quantitative estimate of drug-likeness (QED) is 0.136. The summed E-state index contributed by atoms with van der Waals surface area (Å²) in [5.74, 6) is -0.972. The van der Waals surface area contributed by atoms with Crippen molar-refractivity contribution in [2.75, 3.05) is 13.7 Å². The molecule has 0 aromatic rings. The molecule has 0 aromatic heterocycles. The zero-order valence-corrected chi connectivity index (χ0v) is 22.9. The number of hydrogen-bond donors (Lipinski definition) is 7. The Labute approximate surface area is 213 Å². The minimum absolute atomic E-state index is 0.0112. The number of nitrogens with one attached hydrogen (secondary N) is 4. The molecule has 5 unspecified atom stereocenters. The Hall–Kier alpha value is -1.88. The average Bonchev–Trinajstić information content (AvgIpc) is 2.83. The zero-order chi connectivity index (χ0) is 27.3. The molecule has 0 radical (unpaired) electrons. The van der Waals surface area contributed by atoms with Gasteiger partial charge in [0, 0.05) is 38.2 Å². The van der Waals surface area contributed by atoms with Gasteiger partial charge in [-0.25, -0.2) is 0 Å². The first kappa shape index (κ1) is 32.1. The Morgan fingerprint density at radius 2 is 1.92 bits per heavy atom. The molecule has 13 nitrogen and oxygen atoms in total. The van der Waals surface area contributed by atoms with Crippen LogP contribution in [0.15, 0.2) is 17.4 Å². The third-order valence-corrected chi connectivity index (χ3v) is 8.93. The van der Waals surface area contributed by atoms with Crippen LogP contribution in [0.25, 0.3) is 0 Å². The molecule has 0 aromatic carbocycles. The number of amides is 3. The fourth-order valence-electron chi connectivity index (χ4n) is 3.72. The molecule has 1 rings (SSSR count). The highest BCUT2D eigenvalue weighted by Gasteiger charge is 2.39. The van der Waals surface area contributed by atoms with Crippen molar-refractivity contribution in [2.24, 2.45) is 16.8 Å². The van der Waals surface area contributed by atoms with Crippen LogP contribution in [-0.2, 0) is 23.5 Å². The molecule has 206 valence electrons. The Bertz CT molecular complexity index is 839. The summed E-state index contributed by atoms with van der Waals surface area (Å²) in [6.07, 6.45) is 6.92. The number of carbonyl (C=O) groups is 3. The number of carbonyl (C=O) groups excluding carboxylic acids is 3. The van der Waals surface area contributed by atoms with E-state index in [-0.39, 0.29) is 36.7 Å². The SMILES string of the molecule is CCC(CCCC(=O)NC(P(O)O)P(=O)(O)OC)C(CC(C)C)NC(=O)CNC(=O)C1C=NC=CN1. The van der Waals surface area contributed by atoms with E-state index in [0.717, 1.165) is 13.5 Å². The van der Waals surface area contributed by atoms with Gasteiger partial charge in [0.25, 0.3) is 0 Å². The average molecular weight is 552 g/mol. The minimum atomic E-state index is -4.42. The van der Waals surface area contributed by atoms with E-state index in [1.165, 1.54) is 12.4 Å². The second-order valence-electron chi connectivity index (χ2n) is 8.85. The van der Waals surface area contributed by atoms with E-state index >= 15 is 0 Å².